The van der Waals surface area contributed by atoms with Crippen LogP contribution in [0.4, 0.5) is 0 Å². The lowest BCUT2D eigenvalue weighted by molar-refractivity contribution is 0.504. The summed E-state index contributed by atoms with van der Waals surface area (Å²) in [7, 11) is 0. The Morgan fingerprint density at radius 2 is 2.17 bits per heavy atom. The molecule has 0 saturated carbocycles. The van der Waals surface area contributed by atoms with Crippen LogP contribution in [0.5, 0.6) is 0 Å². The molecule has 0 aromatic carbocycles. The highest BCUT2D eigenvalue weighted by Crippen LogP contribution is 2.24. The van der Waals surface area contributed by atoms with Crippen LogP contribution in [0, 0.1) is 12.8 Å². The first-order chi connectivity index (χ1) is 5.65. The highest BCUT2D eigenvalue weighted by Gasteiger charge is 2.17. The quantitative estimate of drug-likeness (QED) is 0.777. The van der Waals surface area contributed by atoms with E-state index in [0.29, 0.717) is 18.4 Å². The summed E-state index contributed by atoms with van der Waals surface area (Å²) in [4.78, 5) is 4.33. The molecule has 68 valence electrons. The Labute approximate surface area is 77.2 Å². The van der Waals surface area contributed by atoms with Gasteiger partial charge in [-0.2, -0.15) is 4.37 Å². The van der Waals surface area contributed by atoms with Crippen molar-refractivity contribution in [3.05, 3.63) is 10.8 Å². The fraction of sp³-hybridized carbons (Fsp3) is 0.750. The van der Waals surface area contributed by atoms with Crippen LogP contribution >= 0.6 is 11.5 Å². The van der Waals surface area contributed by atoms with E-state index in [1.807, 2.05) is 6.92 Å². The summed E-state index contributed by atoms with van der Waals surface area (Å²) < 4.78 is 4.14. The normalized spacial score (nSPS) is 13.8. The van der Waals surface area contributed by atoms with Crippen LogP contribution < -0.4 is 5.73 Å². The Morgan fingerprint density at radius 3 is 2.50 bits per heavy atom. The molecule has 0 aliphatic heterocycles. The summed E-state index contributed by atoms with van der Waals surface area (Å²) in [6.07, 6.45) is 0. The zero-order chi connectivity index (χ0) is 9.14. The van der Waals surface area contributed by atoms with Gasteiger partial charge >= 0.3 is 0 Å². The maximum absolute atomic E-state index is 5.65. The predicted octanol–water partition coefficient (Wildman–Crippen LogP) is 1.54. The molecule has 1 unspecified atom stereocenters. The number of nitrogens with zero attached hydrogens (tertiary/aromatic N) is 2. The first kappa shape index (κ1) is 9.61. The number of hydrogen-bond donors (Lipinski definition) is 1. The molecule has 1 aromatic heterocycles. The van der Waals surface area contributed by atoms with Gasteiger partial charge in [0.25, 0.3) is 0 Å². The van der Waals surface area contributed by atoms with Gasteiger partial charge in [0.1, 0.15) is 10.8 Å². The van der Waals surface area contributed by atoms with Gasteiger partial charge < -0.3 is 5.73 Å². The molecular weight excluding hydrogens is 170 g/mol. The molecule has 0 amide bonds. The van der Waals surface area contributed by atoms with Crippen molar-refractivity contribution in [1.82, 2.24) is 9.36 Å². The SMILES string of the molecule is Cc1nsc(C(CN)C(C)C)n1. The molecule has 3 nitrogen and oxygen atoms in total. The first-order valence-electron chi connectivity index (χ1n) is 4.15. The molecule has 1 heterocycles. The molecule has 2 N–H and O–H groups in total. The average molecular weight is 185 g/mol. The highest BCUT2D eigenvalue weighted by molar-refractivity contribution is 7.05. The van der Waals surface area contributed by atoms with Crippen molar-refractivity contribution in [2.45, 2.75) is 26.7 Å². The Kier molecular flexibility index (Phi) is 3.17. The van der Waals surface area contributed by atoms with E-state index in [1.165, 1.54) is 11.5 Å². The summed E-state index contributed by atoms with van der Waals surface area (Å²) in [5.41, 5.74) is 5.65. The van der Waals surface area contributed by atoms with Crippen molar-refractivity contribution in [2.24, 2.45) is 11.7 Å². The Hall–Kier alpha value is -0.480. The van der Waals surface area contributed by atoms with Gasteiger partial charge in [0.15, 0.2) is 0 Å². The van der Waals surface area contributed by atoms with E-state index in [-0.39, 0.29) is 0 Å². The van der Waals surface area contributed by atoms with Gasteiger partial charge in [-0.1, -0.05) is 13.8 Å². The molecule has 0 radical (unpaired) electrons. The Balaban J connectivity index is 2.80. The molecule has 0 aliphatic rings. The average Bonchev–Trinajstić information content (AvgIpc) is 2.37. The van der Waals surface area contributed by atoms with Gasteiger partial charge in [0.05, 0.1) is 0 Å². The van der Waals surface area contributed by atoms with Crippen LogP contribution in [0.25, 0.3) is 0 Å². The molecule has 1 rings (SSSR count). The van der Waals surface area contributed by atoms with Crippen molar-refractivity contribution in [3.63, 3.8) is 0 Å². The second kappa shape index (κ2) is 3.96. The minimum absolute atomic E-state index is 0.371. The topological polar surface area (TPSA) is 51.8 Å². The van der Waals surface area contributed by atoms with Gasteiger partial charge in [-0.3, -0.25) is 0 Å². The molecule has 4 heteroatoms. The molecule has 1 atom stereocenters. The van der Waals surface area contributed by atoms with E-state index in [0.717, 1.165) is 10.8 Å². The predicted molar refractivity (Wildman–Crippen MR) is 51.3 cm³/mol. The first-order valence-corrected chi connectivity index (χ1v) is 4.92. The zero-order valence-electron chi connectivity index (χ0n) is 7.74. The summed E-state index contributed by atoms with van der Waals surface area (Å²) in [5, 5.41) is 1.07. The van der Waals surface area contributed by atoms with E-state index < -0.39 is 0 Å². The third kappa shape index (κ3) is 2.01. The van der Waals surface area contributed by atoms with Crippen LogP contribution in [-0.2, 0) is 0 Å². The third-order valence-electron chi connectivity index (χ3n) is 1.92. The van der Waals surface area contributed by atoms with Crippen molar-refractivity contribution >= 4 is 11.5 Å². The smallest absolute Gasteiger partial charge is 0.139 e. The maximum Gasteiger partial charge on any atom is 0.139 e. The second-order valence-electron chi connectivity index (χ2n) is 3.27. The van der Waals surface area contributed by atoms with E-state index in [9.17, 15) is 0 Å². The maximum atomic E-state index is 5.65. The molecule has 0 bridgehead atoms. The lowest BCUT2D eigenvalue weighted by Crippen LogP contribution is -2.17. The highest BCUT2D eigenvalue weighted by atomic mass is 32.1. The fourth-order valence-electron chi connectivity index (χ4n) is 1.12. The zero-order valence-corrected chi connectivity index (χ0v) is 8.56. The van der Waals surface area contributed by atoms with Crippen molar-refractivity contribution < 1.29 is 0 Å². The Morgan fingerprint density at radius 1 is 1.50 bits per heavy atom. The van der Waals surface area contributed by atoms with Crippen LogP contribution in [0.3, 0.4) is 0 Å². The van der Waals surface area contributed by atoms with E-state index in [1.54, 1.807) is 0 Å². The van der Waals surface area contributed by atoms with Crippen LogP contribution in [0.2, 0.25) is 0 Å². The van der Waals surface area contributed by atoms with Crippen LogP contribution in [0.15, 0.2) is 0 Å². The minimum Gasteiger partial charge on any atom is -0.330 e. The van der Waals surface area contributed by atoms with Gasteiger partial charge in [0, 0.05) is 12.5 Å². The number of rotatable bonds is 3. The molecule has 0 saturated heterocycles. The molecular formula is C8H15N3S. The van der Waals surface area contributed by atoms with E-state index in [2.05, 4.69) is 23.2 Å². The van der Waals surface area contributed by atoms with Crippen molar-refractivity contribution in [1.29, 1.82) is 0 Å². The number of nitrogens with two attached hydrogens (primary N) is 1. The number of aromatic nitrogens is 2. The van der Waals surface area contributed by atoms with Gasteiger partial charge in [-0.25, -0.2) is 4.98 Å². The molecule has 0 aliphatic carbocycles. The van der Waals surface area contributed by atoms with Crippen molar-refractivity contribution in [2.75, 3.05) is 6.54 Å². The van der Waals surface area contributed by atoms with Crippen LogP contribution in [0.1, 0.15) is 30.6 Å². The second-order valence-corrected chi connectivity index (χ2v) is 4.05. The fourth-order valence-corrected chi connectivity index (χ4v) is 2.07. The van der Waals surface area contributed by atoms with E-state index in [4.69, 9.17) is 5.73 Å². The lowest BCUT2D eigenvalue weighted by atomic mass is 9.97. The summed E-state index contributed by atoms with van der Waals surface area (Å²) in [6.45, 7) is 6.89. The minimum atomic E-state index is 0.371. The van der Waals surface area contributed by atoms with Crippen molar-refractivity contribution in [3.8, 4) is 0 Å². The number of hydrogen-bond acceptors (Lipinski definition) is 4. The summed E-state index contributed by atoms with van der Waals surface area (Å²) >= 11 is 1.47. The summed E-state index contributed by atoms with van der Waals surface area (Å²) in [6, 6.07) is 0. The monoisotopic (exact) mass is 185 g/mol. The standard InChI is InChI=1S/C8H15N3S/c1-5(2)7(4-9)8-10-6(3)11-12-8/h5,7H,4,9H2,1-3H3. The number of aryl methyl sites for hydroxylation is 1. The lowest BCUT2D eigenvalue weighted by Gasteiger charge is -2.14. The van der Waals surface area contributed by atoms with Gasteiger partial charge in [-0.15, -0.1) is 0 Å². The Bertz CT molecular complexity index is 244. The third-order valence-corrected chi connectivity index (χ3v) is 2.86. The van der Waals surface area contributed by atoms with Gasteiger partial charge in [-0.05, 0) is 24.4 Å². The summed E-state index contributed by atoms with van der Waals surface area (Å²) in [5.74, 6) is 1.77. The van der Waals surface area contributed by atoms with E-state index >= 15 is 0 Å². The van der Waals surface area contributed by atoms with Crippen LogP contribution in [-0.4, -0.2) is 15.9 Å². The largest absolute Gasteiger partial charge is 0.330 e. The molecule has 0 spiro atoms. The molecule has 0 fully saturated rings. The molecule has 12 heavy (non-hydrogen) atoms. The van der Waals surface area contributed by atoms with Gasteiger partial charge in [0.2, 0.25) is 0 Å². The molecule has 1 aromatic rings.